The second-order valence-corrected chi connectivity index (χ2v) is 7.45. The number of hydrogen-bond donors (Lipinski definition) is 3. The molecule has 0 unspecified atom stereocenters. The van der Waals surface area contributed by atoms with Gasteiger partial charge in [0.15, 0.2) is 0 Å². The molecule has 3 N–H and O–H groups in total. The second-order valence-electron chi connectivity index (χ2n) is 6.28. The highest BCUT2D eigenvalue weighted by Gasteiger charge is 2.27. The third kappa shape index (κ3) is 5.78. The SMILES string of the molecule is N=C(NCC(F)(F)F)c1ccc(C(=O)Nc2ccc(I)c(-c3ccccn3)c2)cc1. The first-order valence-electron chi connectivity index (χ1n) is 8.75. The van der Waals surface area contributed by atoms with Crippen LogP contribution in [0.1, 0.15) is 15.9 Å². The Morgan fingerprint density at radius 2 is 1.73 bits per heavy atom. The molecule has 1 aromatic heterocycles. The Bertz CT molecular complexity index is 1050. The average Bonchev–Trinajstić information content (AvgIpc) is 2.73. The number of hydrogen-bond acceptors (Lipinski definition) is 3. The van der Waals surface area contributed by atoms with Crippen LogP contribution in [0.25, 0.3) is 11.3 Å². The summed E-state index contributed by atoms with van der Waals surface area (Å²) in [5.41, 5.74) is 2.83. The normalized spacial score (nSPS) is 11.1. The fraction of sp³-hybridized carbons (Fsp3) is 0.0952. The molecular formula is C21H16F3IN4O. The number of nitrogens with zero attached hydrogens (tertiary/aromatic N) is 1. The van der Waals surface area contributed by atoms with Crippen LogP contribution < -0.4 is 10.6 Å². The van der Waals surface area contributed by atoms with Crippen molar-refractivity contribution < 1.29 is 18.0 Å². The van der Waals surface area contributed by atoms with E-state index < -0.39 is 12.7 Å². The third-order valence-electron chi connectivity index (χ3n) is 4.07. The number of rotatable bonds is 5. The van der Waals surface area contributed by atoms with E-state index in [4.69, 9.17) is 5.41 Å². The predicted molar refractivity (Wildman–Crippen MR) is 118 cm³/mol. The van der Waals surface area contributed by atoms with Crippen molar-refractivity contribution >= 4 is 40.0 Å². The Morgan fingerprint density at radius 3 is 2.37 bits per heavy atom. The number of carbonyl (C=O) groups excluding carboxylic acids is 1. The highest BCUT2D eigenvalue weighted by Crippen LogP contribution is 2.27. The van der Waals surface area contributed by atoms with E-state index in [2.05, 4.69) is 32.9 Å². The number of nitrogens with one attached hydrogen (secondary N) is 3. The summed E-state index contributed by atoms with van der Waals surface area (Å²) in [4.78, 5) is 16.9. The highest BCUT2D eigenvalue weighted by molar-refractivity contribution is 14.1. The van der Waals surface area contributed by atoms with Crippen LogP contribution in [0, 0.1) is 8.98 Å². The molecule has 1 amide bonds. The monoisotopic (exact) mass is 524 g/mol. The molecule has 5 nitrogen and oxygen atoms in total. The van der Waals surface area contributed by atoms with Gasteiger partial charge in [0.2, 0.25) is 0 Å². The van der Waals surface area contributed by atoms with Crippen molar-refractivity contribution in [1.82, 2.24) is 10.3 Å². The molecule has 1 heterocycles. The number of pyridine rings is 1. The van der Waals surface area contributed by atoms with E-state index in [0.29, 0.717) is 11.3 Å². The number of amidine groups is 1. The summed E-state index contributed by atoms with van der Waals surface area (Å²) in [5, 5.41) is 12.5. The number of carbonyl (C=O) groups is 1. The molecule has 0 radical (unpaired) electrons. The van der Waals surface area contributed by atoms with Crippen LogP contribution in [0.5, 0.6) is 0 Å². The molecule has 0 aliphatic carbocycles. The minimum Gasteiger partial charge on any atom is -0.361 e. The van der Waals surface area contributed by atoms with Gasteiger partial charge in [0.25, 0.3) is 5.91 Å². The van der Waals surface area contributed by atoms with Gasteiger partial charge in [-0.05, 0) is 65.1 Å². The molecule has 0 bridgehead atoms. The van der Waals surface area contributed by atoms with E-state index in [1.54, 1.807) is 12.3 Å². The lowest BCUT2D eigenvalue weighted by Gasteiger charge is -2.11. The van der Waals surface area contributed by atoms with Crippen molar-refractivity contribution in [1.29, 1.82) is 5.41 Å². The summed E-state index contributed by atoms with van der Waals surface area (Å²) in [6.45, 7) is -1.29. The van der Waals surface area contributed by atoms with Crippen molar-refractivity contribution in [3.05, 3.63) is 81.6 Å². The zero-order chi connectivity index (χ0) is 21.7. The minimum atomic E-state index is -4.41. The topological polar surface area (TPSA) is 77.9 Å². The zero-order valence-electron chi connectivity index (χ0n) is 15.4. The summed E-state index contributed by atoms with van der Waals surface area (Å²) < 4.78 is 37.7. The van der Waals surface area contributed by atoms with E-state index >= 15 is 0 Å². The number of alkyl halides is 3. The molecule has 154 valence electrons. The lowest BCUT2D eigenvalue weighted by atomic mass is 10.1. The predicted octanol–water partition coefficient (Wildman–Crippen LogP) is 5.08. The number of anilines is 1. The first kappa shape index (κ1) is 21.8. The molecule has 0 spiro atoms. The van der Waals surface area contributed by atoms with Crippen LogP contribution >= 0.6 is 22.6 Å². The van der Waals surface area contributed by atoms with Crippen LogP contribution in [-0.4, -0.2) is 29.4 Å². The standard InChI is InChI=1S/C21H16F3IN4O/c22-21(23,24)12-28-19(26)13-4-6-14(7-5-13)20(30)29-15-8-9-17(25)16(11-15)18-3-1-2-10-27-18/h1-11H,12H2,(H2,26,28)(H,29,30). The lowest BCUT2D eigenvalue weighted by molar-refractivity contribution is -0.122. The summed E-state index contributed by atoms with van der Waals surface area (Å²) in [6, 6.07) is 16.8. The molecular weight excluding hydrogens is 508 g/mol. The molecule has 0 saturated heterocycles. The molecule has 9 heteroatoms. The van der Waals surface area contributed by atoms with Gasteiger partial charge in [0.05, 0.1) is 5.69 Å². The Hall–Kier alpha value is -2.95. The Balaban J connectivity index is 1.70. The molecule has 2 aromatic carbocycles. The van der Waals surface area contributed by atoms with E-state index in [9.17, 15) is 18.0 Å². The van der Waals surface area contributed by atoms with Crippen molar-refractivity contribution in [2.75, 3.05) is 11.9 Å². The van der Waals surface area contributed by atoms with E-state index in [-0.39, 0.29) is 17.3 Å². The van der Waals surface area contributed by atoms with Gasteiger partial charge >= 0.3 is 6.18 Å². The van der Waals surface area contributed by atoms with Crippen LogP contribution in [0.2, 0.25) is 0 Å². The second kappa shape index (κ2) is 9.24. The van der Waals surface area contributed by atoms with Crippen molar-refractivity contribution in [3.63, 3.8) is 0 Å². The molecule has 3 aromatic rings. The summed E-state index contributed by atoms with van der Waals surface area (Å²) in [7, 11) is 0. The fourth-order valence-electron chi connectivity index (χ4n) is 2.60. The van der Waals surface area contributed by atoms with Crippen LogP contribution in [0.15, 0.2) is 66.9 Å². The molecule has 30 heavy (non-hydrogen) atoms. The molecule has 0 saturated carbocycles. The van der Waals surface area contributed by atoms with Crippen molar-refractivity contribution in [3.8, 4) is 11.3 Å². The maximum atomic E-state index is 12.5. The van der Waals surface area contributed by atoms with Crippen LogP contribution in [0.4, 0.5) is 18.9 Å². The maximum absolute atomic E-state index is 12.5. The maximum Gasteiger partial charge on any atom is 0.405 e. The number of amides is 1. The lowest BCUT2D eigenvalue weighted by Crippen LogP contribution is -2.33. The quantitative estimate of drug-likeness (QED) is 0.248. The van der Waals surface area contributed by atoms with Crippen molar-refractivity contribution in [2.24, 2.45) is 0 Å². The third-order valence-corrected chi connectivity index (χ3v) is 5.01. The van der Waals surface area contributed by atoms with Gasteiger partial charge in [0.1, 0.15) is 12.4 Å². The number of halogens is 4. The van der Waals surface area contributed by atoms with Crippen molar-refractivity contribution in [2.45, 2.75) is 6.18 Å². The molecule has 3 rings (SSSR count). The smallest absolute Gasteiger partial charge is 0.361 e. The molecule has 0 aliphatic rings. The van der Waals surface area contributed by atoms with E-state index in [1.165, 1.54) is 24.3 Å². The summed E-state index contributed by atoms with van der Waals surface area (Å²) >= 11 is 2.20. The fourth-order valence-corrected chi connectivity index (χ4v) is 3.22. The van der Waals surface area contributed by atoms with Crippen LogP contribution in [-0.2, 0) is 0 Å². The molecule has 0 atom stereocenters. The largest absolute Gasteiger partial charge is 0.405 e. The highest BCUT2D eigenvalue weighted by atomic mass is 127. The number of benzene rings is 2. The first-order valence-corrected chi connectivity index (χ1v) is 9.83. The van der Waals surface area contributed by atoms with Crippen LogP contribution in [0.3, 0.4) is 0 Å². The summed E-state index contributed by atoms with van der Waals surface area (Å²) in [6.07, 6.45) is -2.72. The van der Waals surface area contributed by atoms with Gasteiger partial charge in [-0.25, -0.2) is 0 Å². The van der Waals surface area contributed by atoms with Gasteiger partial charge in [0, 0.05) is 32.1 Å². The number of aromatic nitrogens is 1. The van der Waals surface area contributed by atoms with Gasteiger partial charge in [-0.15, -0.1) is 0 Å². The molecule has 0 fully saturated rings. The first-order chi connectivity index (χ1) is 14.2. The summed E-state index contributed by atoms with van der Waals surface area (Å²) in [5.74, 6) is -0.735. The average molecular weight is 524 g/mol. The van der Waals surface area contributed by atoms with Gasteiger partial charge < -0.3 is 10.6 Å². The Morgan fingerprint density at radius 1 is 1.03 bits per heavy atom. The Labute approximate surface area is 184 Å². The molecule has 0 aliphatic heterocycles. The van der Waals surface area contributed by atoms with Gasteiger partial charge in [-0.3, -0.25) is 15.2 Å². The zero-order valence-corrected chi connectivity index (χ0v) is 17.6. The van der Waals surface area contributed by atoms with E-state index in [1.807, 2.05) is 35.6 Å². The Kier molecular flexibility index (Phi) is 6.70. The van der Waals surface area contributed by atoms with Gasteiger partial charge in [-0.1, -0.05) is 18.2 Å². The minimum absolute atomic E-state index is 0.252. The van der Waals surface area contributed by atoms with E-state index in [0.717, 1.165) is 14.8 Å². The van der Waals surface area contributed by atoms with Gasteiger partial charge in [-0.2, -0.15) is 13.2 Å².